The zero-order valence-corrected chi connectivity index (χ0v) is 10.7. The van der Waals surface area contributed by atoms with Crippen molar-refractivity contribution >= 4 is 0 Å². The van der Waals surface area contributed by atoms with Crippen molar-refractivity contribution in [1.82, 2.24) is 0 Å². The van der Waals surface area contributed by atoms with Crippen LogP contribution in [0.25, 0.3) is 0 Å². The maximum Gasteiger partial charge on any atom is -0.0162 e. The van der Waals surface area contributed by atoms with Crippen molar-refractivity contribution in [2.75, 3.05) is 0 Å². The maximum atomic E-state index is 2.41. The van der Waals surface area contributed by atoms with Gasteiger partial charge in [-0.15, -0.1) is 0 Å². The van der Waals surface area contributed by atoms with Crippen molar-refractivity contribution in [2.24, 2.45) is 11.8 Å². The van der Waals surface area contributed by atoms with Crippen molar-refractivity contribution in [1.29, 1.82) is 0 Å². The van der Waals surface area contributed by atoms with Crippen LogP contribution in [0.3, 0.4) is 0 Å². The van der Waals surface area contributed by atoms with Gasteiger partial charge < -0.3 is 0 Å². The van der Waals surface area contributed by atoms with E-state index in [0.717, 1.165) is 17.8 Å². The third-order valence-corrected chi connectivity index (χ3v) is 4.50. The number of benzene rings is 1. The summed E-state index contributed by atoms with van der Waals surface area (Å²) < 4.78 is 0. The third kappa shape index (κ3) is 2.66. The van der Waals surface area contributed by atoms with E-state index in [2.05, 4.69) is 44.2 Å². The average molecular weight is 216 g/mol. The molecule has 1 aliphatic carbocycles. The lowest BCUT2D eigenvalue weighted by atomic mass is 9.74. The summed E-state index contributed by atoms with van der Waals surface area (Å²) in [5.41, 5.74) is 1.53. The molecule has 0 aliphatic heterocycles. The highest BCUT2D eigenvalue weighted by Crippen LogP contribution is 2.38. The van der Waals surface area contributed by atoms with Gasteiger partial charge in [-0.05, 0) is 36.2 Å². The first-order valence-electron chi connectivity index (χ1n) is 6.86. The van der Waals surface area contributed by atoms with E-state index in [-0.39, 0.29) is 0 Å². The molecule has 16 heavy (non-hydrogen) atoms. The topological polar surface area (TPSA) is 0 Å². The van der Waals surface area contributed by atoms with E-state index in [0.29, 0.717) is 0 Å². The summed E-state index contributed by atoms with van der Waals surface area (Å²) in [6.45, 7) is 4.75. The average Bonchev–Trinajstić information content (AvgIpc) is 2.39. The summed E-state index contributed by atoms with van der Waals surface area (Å²) in [6, 6.07) is 11.0. The predicted molar refractivity (Wildman–Crippen MR) is 70.6 cm³/mol. The van der Waals surface area contributed by atoms with Gasteiger partial charge in [-0.1, -0.05) is 63.4 Å². The Morgan fingerprint density at radius 3 is 2.25 bits per heavy atom. The van der Waals surface area contributed by atoms with Gasteiger partial charge in [0.1, 0.15) is 0 Å². The smallest absolute Gasteiger partial charge is 0.0162 e. The molecule has 0 heterocycles. The van der Waals surface area contributed by atoms with Crippen LogP contribution in [-0.4, -0.2) is 0 Å². The minimum Gasteiger partial charge on any atom is -0.0651 e. The molecule has 0 N–H and O–H groups in total. The van der Waals surface area contributed by atoms with Crippen LogP contribution in [0.5, 0.6) is 0 Å². The summed E-state index contributed by atoms with van der Waals surface area (Å²) in [4.78, 5) is 0. The molecule has 0 heteroatoms. The molecule has 88 valence electrons. The van der Waals surface area contributed by atoms with E-state index in [9.17, 15) is 0 Å². The fourth-order valence-electron chi connectivity index (χ4n) is 3.13. The van der Waals surface area contributed by atoms with Crippen molar-refractivity contribution < 1.29 is 0 Å². The van der Waals surface area contributed by atoms with Crippen LogP contribution in [0.4, 0.5) is 0 Å². The van der Waals surface area contributed by atoms with Crippen LogP contribution in [0, 0.1) is 11.8 Å². The molecule has 1 unspecified atom stereocenters. The molecule has 1 fully saturated rings. The summed E-state index contributed by atoms with van der Waals surface area (Å²) in [5.74, 6) is 2.68. The van der Waals surface area contributed by atoms with Gasteiger partial charge in [0.05, 0.1) is 0 Å². The molecule has 0 amide bonds. The van der Waals surface area contributed by atoms with E-state index in [1.165, 1.54) is 37.7 Å². The minimum atomic E-state index is 0.749. The Labute approximate surface area is 100 Å². The largest absolute Gasteiger partial charge is 0.0651 e. The molecule has 0 aromatic heterocycles. The fourth-order valence-corrected chi connectivity index (χ4v) is 3.13. The summed E-state index contributed by atoms with van der Waals surface area (Å²) in [5, 5.41) is 0. The van der Waals surface area contributed by atoms with Crippen LogP contribution in [0.2, 0.25) is 0 Å². The Kier molecular flexibility index (Phi) is 4.04. The van der Waals surface area contributed by atoms with E-state index < -0.39 is 0 Å². The lowest BCUT2D eigenvalue weighted by Crippen LogP contribution is -2.18. The first kappa shape index (κ1) is 11.7. The second-order valence-electron chi connectivity index (χ2n) is 5.39. The van der Waals surface area contributed by atoms with E-state index >= 15 is 0 Å². The van der Waals surface area contributed by atoms with Gasteiger partial charge in [-0.2, -0.15) is 0 Å². The zero-order chi connectivity index (χ0) is 11.4. The van der Waals surface area contributed by atoms with Crippen LogP contribution < -0.4 is 0 Å². The Balaban J connectivity index is 1.94. The van der Waals surface area contributed by atoms with Gasteiger partial charge in [0.2, 0.25) is 0 Å². The van der Waals surface area contributed by atoms with Crippen molar-refractivity contribution in [3.63, 3.8) is 0 Å². The minimum absolute atomic E-state index is 0.749. The van der Waals surface area contributed by atoms with Gasteiger partial charge in [0, 0.05) is 0 Å². The number of rotatable bonds is 3. The Hall–Kier alpha value is -0.780. The van der Waals surface area contributed by atoms with Crippen molar-refractivity contribution in [3.05, 3.63) is 35.9 Å². The van der Waals surface area contributed by atoms with Crippen LogP contribution >= 0.6 is 0 Å². The molecular formula is C16H24. The lowest BCUT2D eigenvalue weighted by Gasteiger charge is -2.32. The van der Waals surface area contributed by atoms with E-state index in [1.54, 1.807) is 0 Å². The zero-order valence-electron chi connectivity index (χ0n) is 10.7. The highest BCUT2D eigenvalue weighted by Gasteiger charge is 2.24. The van der Waals surface area contributed by atoms with Crippen LogP contribution in [0.15, 0.2) is 30.3 Å². The summed E-state index contributed by atoms with van der Waals surface area (Å²) in [7, 11) is 0. The molecule has 1 saturated carbocycles. The highest BCUT2D eigenvalue weighted by atomic mass is 14.3. The van der Waals surface area contributed by atoms with Gasteiger partial charge in [-0.25, -0.2) is 0 Å². The molecule has 0 saturated heterocycles. The predicted octanol–water partition coefficient (Wildman–Crippen LogP) is 5.01. The summed E-state index contributed by atoms with van der Waals surface area (Å²) in [6.07, 6.45) is 7.17. The normalized spacial score (nSPS) is 27.6. The third-order valence-electron chi connectivity index (χ3n) is 4.50. The first-order valence-corrected chi connectivity index (χ1v) is 6.86. The van der Waals surface area contributed by atoms with Crippen LogP contribution in [-0.2, 0) is 0 Å². The van der Waals surface area contributed by atoms with Crippen molar-refractivity contribution in [3.8, 4) is 0 Å². The second-order valence-corrected chi connectivity index (χ2v) is 5.39. The Morgan fingerprint density at radius 1 is 1.06 bits per heavy atom. The molecule has 0 bridgehead atoms. The number of hydrogen-bond acceptors (Lipinski definition) is 0. The van der Waals surface area contributed by atoms with Crippen molar-refractivity contribution in [2.45, 2.75) is 51.9 Å². The second kappa shape index (κ2) is 5.52. The highest BCUT2D eigenvalue weighted by molar-refractivity contribution is 5.19. The summed E-state index contributed by atoms with van der Waals surface area (Å²) >= 11 is 0. The number of hydrogen-bond donors (Lipinski definition) is 0. The standard InChI is InChI=1S/C16H24/c1-3-14-9-11-16(12-10-14)13(2)15-7-5-4-6-8-15/h4-8,13-14,16H,3,9-12H2,1-2H3. The van der Waals surface area contributed by atoms with E-state index in [1.807, 2.05) is 0 Å². The SMILES string of the molecule is CCC1CCC(C(C)c2ccccc2)CC1. The fraction of sp³-hybridized carbons (Fsp3) is 0.625. The van der Waals surface area contributed by atoms with Gasteiger partial charge in [-0.3, -0.25) is 0 Å². The molecule has 0 spiro atoms. The molecule has 1 aliphatic rings. The molecule has 2 rings (SSSR count). The molecule has 0 nitrogen and oxygen atoms in total. The Bertz CT molecular complexity index is 293. The monoisotopic (exact) mass is 216 g/mol. The maximum absolute atomic E-state index is 2.41. The van der Waals surface area contributed by atoms with Gasteiger partial charge in [0.25, 0.3) is 0 Å². The van der Waals surface area contributed by atoms with Crippen LogP contribution in [0.1, 0.15) is 57.4 Å². The molecule has 1 aromatic carbocycles. The van der Waals surface area contributed by atoms with Gasteiger partial charge in [0.15, 0.2) is 0 Å². The molecular weight excluding hydrogens is 192 g/mol. The molecule has 1 aromatic rings. The first-order chi connectivity index (χ1) is 7.81. The quantitative estimate of drug-likeness (QED) is 0.666. The van der Waals surface area contributed by atoms with Gasteiger partial charge >= 0.3 is 0 Å². The Morgan fingerprint density at radius 2 is 1.69 bits per heavy atom. The lowest BCUT2D eigenvalue weighted by molar-refractivity contribution is 0.244. The molecule has 1 atom stereocenters. The molecule has 0 radical (unpaired) electrons. The van der Waals surface area contributed by atoms with E-state index in [4.69, 9.17) is 0 Å².